The van der Waals surface area contributed by atoms with E-state index in [1.54, 1.807) is 20.8 Å². The van der Waals surface area contributed by atoms with E-state index in [0.717, 1.165) is 5.56 Å². The molecule has 4 unspecified atom stereocenters. The zero-order valence-corrected chi connectivity index (χ0v) is 16.4. The van der Waals surface area contributed by atoms with Gasteiger partial charge in [0.25, 0.3) is 0 Å². The smallest absolute Gasteiger partial charge is 0.407 e. The lowest BCUT2D eigenvalue weighted by molar-refractivity contribution is -0.172. The molecular weight excluding hydrogens is 366 g/mol. The summed E-state index contributed by atoms with van der Waals surface area (Å²) >= 11 is 0. The van der Waals surface area contributed by atoms with Gasteiger partial charge >= 0.3 is 12.1 Å². The third-order valence-corrected chi connectivity index (χ3v) is 4.65. The van der Waals surface area contributed by atoms with E-state index in [1.807, 2.05) is 30.3 Å². The lowest BCUT2D eigenvalue weighted by Crippen LogP contribution is -2.43. The predicted octanol–water partition coefficient (Wildman–Crippen LogP) is 2.15. The molecule has 1 aliphatic carbocycles. The maximum absolute atomic E-state index is 12.2. The highest BCUT2D eigenvalue weighted by Gasteiger charge is 2.55. The number of hydrogen-bond donors (Lipinski definition) is 1. The van der Waals surface area contributed by atoms with E-state index in [1.165, 1.54) is 0 Å². The minimum atomic E-state index is -0.796. The van der Waals surface area contributed by atoms with Crippen LogP contribution in [0.4, 0.5) is 4.79 Å². The molecule has 1 heterocycles. The highest BCUT2D eigenvalue weighted by Crippen LogP contribution is 2.39. The van der Waals surface area contributed by atoms with Crippen LogP contribution in [-0.2, 0) is 35.1 Å². The van der Waals surface area contributed by atoms with Crippen molar-refractivity contribution in [3.05, 3.63) is 35.9 Å². The van der Waals surface area contributed by atoms with Gasteiger partial charge in [-0.05, 0) is 32.8 Å². The maximum Gasteiger partial charge on any atom is 0.407 e. The second kappa shape index (κ2) is 8.89. The quantitative estimate of drug-likeness (QED) is 0.710. The maximum atomic E-state index is 12.2. The Kier molecular flexibility index (Phi) is 6.53. The second-order valence-electron chi connectivity index (χ2n) is 7.27. The van der Waals surface area contributed by atoms with Crippen LogP contribution in [0, 0.1) is 0 Å². The minimum Gasteiger partial charge on any atom is -0.464 e. The number of benzene rings is 1. The van der Waals surface area contributed by atoms with Crippen LogP contribution in [0.25, 0.3) is 0 Å². The number of amides is 1. The highest BCUT2D eigenvalue weighted by molar-refractivity contribution is 5.70. The summed E-state index contributed by atoms with van der Waals surface area (Å²) in [5, 5.41) is 2.84. The summed E-state index contributed by atoms with van der Waals surface area (Å²) in [6, 6.07) is 9.09. The molecule has 1 aromatic rings. The molecule has 1 N–H and O–H groups in total. The van der Waals surface area contributed by atoms with Crippen molar-refractivity contribution in [2.24, 2.45) is 0 Å². The van der Waals surface area contributed by atoms with Gasteiger partial charge in [0.1, 0.15) is 25.4 Å². The first-order valence-corrected chi connectivity index (χ1v) is 9.48. The molecule has 8 nitrogen and oxygen atoms in total. The molecule has 1 aromatic carbocycles. The normalized spacial score (nSPS) is 27.8. The Morgan fingerprint density at radius 3 is 2.57 bits per heavy atom. The molecule has 28 heavy (non-hydrogen) atoms. The van der Waals surface area contributed by atoms with Gasteiger partial charge in [-0.15, -0.1) is 0 Å². The predicted molar refractivity (Wildman–Crippen MR) is 98.4 cm³/mol. The summed E-state index contributed by atoms with van der Waals surface area (Å²) in [7, 11) is 0. The fourth-order valence-electron chi connectivity index (χ4n) is 3.53. The molecule has 0 spiro atoms. The van der Waals surface area contributed by atoms with E-state index in [-0.39, 0.29) is 31.5 Å². The van der Waals surface area contributed by atoms with Gasteiger partial charge in [-0.25, -0.2) is 9.59 Å². The number of nitrogens with one attached hydrogen (secondary N) is 1. The summed E-state index contributed by atoms with van der Waals surface area (Å²) < 4.78 is 27.8. The summed E-state index contributed by atoms with van der Waals surface area (Å²) in [6.45, 7) is 5.65. The van der Waals surface area contributed by atoms with Crippen LogP contribution in [-0.4, -0.2) is 55.4 Å². The largest absolute Gasteiger partial charge is 0.464 e. The number of carbonyl (C=O) groups excluding carboxylic acids is 2. The average molecular weight is 393 g/mol. The third kappa shape index (κ3) is 5.21. The van der Waals surface area contributed by atoms with Gasteiger partial charge in [-0.2, -0.15) is 0 Å². The topological polar surface area (TPSA) is 92.3 Å². The van der Waals surface area contributed by atoms with Gasteiger partial charge in [-0.1, -0.05) is 30.3 Å². The molecule has 0 bridgehead atoms. The van der Waals surface area contributed by atoms with Crippen molar-refractivity contribution < 1.29 is 33.3 Å². The lowest BCUT2D eigenvalue weighted by atomic mass is 10.2. The zero-order valence-electron chi connectivity index (χ0n) is 16.4. The van der Waals surface area contributed by atoms with Crippen LogP contribution in [0.5, 0.6) is 0 Å². The minimum absolute atomic E-state index is 0.170. The number of ether oxygens (including phenoxy) is 5. The van der Waals surface area contributed by atoms with E-state index in [9.17, 15) is 9.59 Å². The first-order valence-electron chi connectivity index (χ1n) is 9.48. The zero-order chi connectivity index (χ0) is 20.1. The van der Waals surface area contributed by atoms with Crippen molar-refractivity contribution in [3.8, 4) is 0 Å². The van der Waals surface area contributed by atoms with Crippen LogP contribution < -0.4 is 5.32 Å². The average Bonchev–Trinajstić information content (AvgIpc) is 3.13. The number of carbonyl (C=O) groups is 2. The van der Waals surface area contributed by atoms with Gasteiger partial charge in [0.2, 0.25) is 0 Å². The first kappa shape index (κ1) is 20.6. The van der Waals surface area contributed by atoms with Crippen LogP contribution in [0.15, 0.2) is 30.3 Å². The summed E-state index contributed by atoms with van der Waals surface area (Å²) in [5.74, 6) is -1.23. The van der Waals surface area contributed by atoms with Crippen molar-refractivity contribution in [1.29, 1.82) is 0 Å². The third-order valence-electron chi connectivity index (χ3n) is 4.65. The molecular formula is C20H27NO7. The molecule has 0 radical (unpaired) electrons. The molecule has 1 aliphatic heterocycles. The SMILES string of the molecule is CCOC(=O)COC1CC(NC(=O)OCc2ccccc2)C2OC(C)(C)OC12. The number of fused-ring (bicyclic) bond motifs is 1. The number of rotatable bonds is 7. The lowest BCUT2D eigenvalue weighted by Gasteiger charge is -2.23. The Morgan fingerprint density at radius 1 is 1.14 bits per heavy atom. The van der Waals surface area contributed by atoms with Crippen LogP contribution in [0.2, 0.25) is 0 Å². The highest BCUT2D eigenvalue weighted by atomic mass is 16.8. The van der Waals surface area contributed by atoms with Gasteiger partial charge in [-0.3, -0.25) is 0 Å². The second-order valence-corrected chi connectivity index (χ2v) is 7.27. The number of esters is 1. The van der Waals surface area contributed by atoms with Crippen LogP contribution in [0.1, 0.15) is 32.8 Å². The molecule has 0 aromatic heterocycles. The standard InChI is InChI=1S/C20H27NO7/c1-4-24-16(22)12-25-15-10-14(17-18(15)28-20(2,3)27-17)21-19(23)26-11-13-8-6-5-7-9-13/h5-9,14-15,17-18H,4,10-12H2,1-3H3,(H,21,23). The first-order chi connectivity index (χ1) is 13.4. The summed E-state index contributed by atoms with van der Waals surface area (Å²) in [5.41, 5.74) is 0.902. The van der Waals surface area contributed by atoms with Crippen LogP contribution >= 0.6 is 0 Å². The Bertz CT molecular complexity index is 678. The molecule has 4 atom stereocenters. The summed E-state index contributed by atoms with van der Waals surface area (Å²) in [4.78, 5) is 23.8. The molecule has 1 saturated carbocycles. The fourth-order valence-corrected chi connectivity index (χ4v) is 3.53. The number of alkyl carbamates (subject to hydrolysis) is 1. The monoisotopic (exact) mass is 393 g/mol. The molecule has 8 heteroatoms. The van der Waals surface area contributed by atoms with E-state index >= 15 is 0 Å². The fraction of sp³-hybridized carbons (Fsp3) is 0.600. The van der Waals surface area contributed by atoms with Crippen molar-refractivity contribution in [3.63, 3.8) is 0 Å². The van der Waals surface area contributed by atoms with E-state index in [0.29, 0.717) is 13.0 Å². The van der Waals surface area contributed by atoms with E-state index in [4.69, 9.17) is 23.7 Å². The van der Waals surface area contributed by atoms with Crippen molar-refractivity contribution in [2.45, 2.75) is 63.9 Å². The van der Waals surface area contributed by atoms with Gasteiger partial charge in [0, 0.05) is 0 Å². The van der Waals surface area contributed by atoms with Crippen LogP contribution in [0.3, 0.4) is 0 Å². The molecule has 2 fully saturated rings. The Morgan fingerprint density at radius 2 is 1.86 bits per heavy atom. The molecule has 3 rings (SSSR count). The Labute approximate surface area is 164 Å². The van der Waals surface area contributed by atoms with Gasteiger partial charge in [0.05, 0.1) is 18.8 Å². The Balaban J connectivity index is 1.56. The number of hydrogen-bond acceptors (Lipinski definition) is 7. The molecule has 1 saturated heterocycles. The van der Waals surface area contributed by atoms with Crippen molar-refractivity contribution in [1.82, 2.24) is 5.32 Å². The molecule has 154 valence electrons. The Hall–Kier alpha value is -2.16. The van der Waals surface area contributed by atoms with Crippen molar-refractivity contribution in [2.75, 3.05) is 13.2 Å². The van der Waals surface area contributed by atoms with Gasteiger partial charge in [0.15, 0.2) is 5.79 Å². The van der Waals surface area contributed by atoms with Crippen molar-refractivity contribution >= 4 is 12.1 Å². The molecule has 2 aliphatic rings. The van der Waals surface area contributed by atoms with Gasteiger partial charge < -0.3 is 29.0 Å². The molecule has 1 amide bonds. The van der Waals surface area contributed by atoms with E-state index < -0.39 is 24.0 Å². The summed E-state index contributed by atoms with van der Waals surface area (Å²) in [6.07, 6.45) is -1.25. The van der Waals surface area contributed by atoms with E-state index in [2.05, 4.69) is 5.32 Å².